The number of hydrogen-bond acceptors (Lipinski definition) is 4. The highest BCUT2D eigenvalue weighted by molar-refractivity contribution is 5.82. The zero-order chi connectivity index (χ0) is 11.4. The van der Waals surface area contributed by atoms with Crippen LogP contribution in [0.2, 0.25) is 0 Å². The summed E-state index contributed by atoms with van der Waals surface area (Å²) in [5.41, 5.74) is 0. The zero-order valence-electron chi connectivity index (χ0n) is 8.98. The predicted octanol–water partition coefficient (Wildman–Crippen LogP) is 0.181. The van der Waals surface area contributed by atoms with Crippen LogP contribution in [-0.4, -0.2) is 30.1 Å². The lowest BCUT2D eigenvalue weighted by Crippen LogP contribution is -2.41. The van der Waals surface area contributed by atoms with Crippen LogP contribution in [0.1, 0.15) is 24.7 Å². The van der Waals surface area contributed by atoms with E-state index < -0.39 is 6.10 Å². The minimum absolute atomic E-state index is 0.0527. The number of carbonyl (C=O) groups excluding carboxylic acids is 1. The lowest BCUT2D eigenvalue weighted by Gasteiger charge is -2.13. The van der Waals surface area contributed by atoms with Gasteiger partial charge in [-0.25, -0.2) is 0 Å². The first-order valence-corrected chi connectivity index (χ1v) is 5.50. The normalized spacial score (nSPS) is 21.9. The van der Waals surface area contributed by atoms with Crippen LogP contribution < -0.4 is 10.6 Å². The fourth-order valence-corrected chi connectivity index (χ4v) is 1.81. The van der Waals surface area contributed by atoms with Gasteiger partial charge in [-0.15, -0.1) is 0 Å². The maximum atomic E-state index is 11.6. The minimum Gasteiger partial charge on any atom is -0.467 e. The molecule has 1 fully saturated rings. The molecular weight excluding hydrogens is 208 g/mol. The predicted molar refractivity (Wildman–Crippen MR) is 57.7 cm³/mol. The Bertz CT molecular complexity index is 331. The number of aliphatic hydroxyl groups is 1. The molecule has 88 valence electrons. The first-order valence-electron chi connectivity index (χ1n) is 5.50. The van der Waals surface area contributed by atoms with E-state index in [9.17, 15) is 9.90 Å². The Morgan fingerprint density at radius 3 is 3.25 bits per heavy atom. The van der Waals surface area contributed by atoms with Gasteiger partial charge >= 0.3 is 0 Å². The van der Waals surface area contributed by atoms with Gasteiger partial charge in [-0.1, -0.05) is 0 Å². The van der Waals surface area contributed by atoms with Gasteiger partial charge in [-0.05, 0) is 31.5 Å². The van der Waals surface area contributed by atoms with Gasteiger partial charge < -0.3 is 20.2 Å². The molecule has 1 saturated heterocycles. The summed E-state index contributed by atoms with van der Waals surface area (Å²) in [6, 6.07) is 3.28. The summed E-state index contributed by atoms with van der Waals surface area (Å²) in [5.74, 6) is 0.419. The van der Waals surface area contributed by atoms with Crippen molar-refractivity contribution in [2.45, 2.75) is 25.0 Å². The van der Waals surface area contributed by atoms with E-state index in [-0.39, 0.29) is 18.5 Å². The fourth-order valence-electron chi connectivity index (χ4n) is 1.81. The van der Waals surface area contributed by atoms with Crippen molar-refractivity contribution in [3.05, 3.63) is 24.2 Å². The third kappa shape index (κ3) is 2.62. The van der Waals surface area contributed by atoms with E-state index in [1.165, 1.54) is 6.26 Å². The fraction of sp³-hybridized carbons (Fsp3) is 0.545. The molecule has 1 aromatic rings. The molecule has 2 unspecified atom stereocenters. The van der Waals surface area contributed by atoms with E-state index in [1.807, 2.05) is 0 Å². The number of rotatable bonds is 4. The summed E-state index contributed by atoms with van der Waals surface area (Å²) >= 11 is 0. The van der Waals surface area contributed by atoms with Crippen LogP contribution in [0.5, 0.6) is 0 Å². The van der Waals surface area contributed by atoms with Gasteiger partial charge in [0.05, 0.1) is 18.8 Å². The summed E-state index contributed by atoms with van der Waals surface area (Å²) in [4.78, 5) is 11.6. The number of aliphatic hydroxyl groups excluding tert-OH is 1. The Hall–Kier alpha value is -1.33. The monoisotopic (exact) mass is 224 g/mol. The number of carbonyl (C=O) groups is 1. The molecule has 1 aliphatic heterocycles. The summed E-state index contributed by atoms with van der Waals surface area (Å²) in [7, 11) is 0. The summed E-state index contributed by atoms with van der Waals surface area (Å²) in [5, 5.41) is 15.5. The smallest absolute Gasteiger partial charge is 0.237 e. The second-order valence-corrected chi connectivity index (χ2v) is 3.93. The molecule has 5 nitrogen and oxygen atoms in total. The topological polar surface area (TPSA) is 74.5 Å². The van der Waals surface area contributed by atoms with Crippen molar-refractivity contribution < 1.29 is 14.3 Å². The second-order valence-electron chi connectivity index (χ2n) is 3.93. The lowest BCUT2D eigenvalue weighted by molar-refractivity contribution is -0.123. The third-order valence-electron chi connectivity index (χ3n) is 2.72. The van der Waals surface area contributed by atoms with Crippen LogP contribution in [0.3, 0.4) is 0 Å². The van der Waals surface area contributed by atoms with Crippen molar-refractivity contribution in [2.75, 3.05) is 13.1 Å². The van der Waals surface area contributed by atoms with E-state index in [1.54, 1.807) is 12.1 Å². The third-order valence-corrected chi connectivity index (χ3v) is 2.72. The average molecular weight is 224 g/mol. The molecule has 5 heteroatoms. The van der Waals surface area contributed by atoms with Crippen LogP contribution >= 0.6 is 0 Å². The molecule has 3 N–H and O–H groups in total. The van der Waals surface area contributed by atoms with Crippen molar-refractivity contribution in [3.8, 4) is 0 Å². The highest BCUT2D eigenvalue weighted by Gasteiger charge is 2.22. The van der Waals surface area contributed by atoms with Crippen molar-refractivity contribution in [3.63, 3.8) is 0 Å². The largest absolute Gasteiger partial charge is 0.467 e. The van der Waals surface area contributed by atoms with Crippen molar-refractivity contribution in [1.29, 1.82) is 0 Å². The number of furan rings is 1. The van der Waals surface area contributed by atoms with Crippen molar-refractivity contribution in [2.24, 2.45) is 0 Å². The second kappa shape index (κ2) is 5.14. The zero-order valence-corrected chi connectivity index (χ0v) is 8.98. The summed E-state index contributed by atoms with van der Waals surface area (Å²) in [6.07, 6.45) is 2.61. The van der Waals surface area contributed by atoms with Gasteiger partial charge in [0, 0.05) is 0 Å². The molecule has 0 saturated carbocycles. The Morgan fingerprint density at radius 1 is 1.75 bits per heavy atom. The maximum absolute atomic E-state index is 11.6. The molecule has 2 rings (SSSR count). The standard InChI is InChI=1S/C11H16N2O3/c14-9(10-4-2-6-16-10)7-13-11(15)8-3-1-5-12-8/h2,4,6,8-9,12,14H,1,3,5,7H2,(H,13,15). The Labute approximate surface area is 93.8 Å². The molecule has 2 atom stereocenters. The van der Waals surface area contributed by atoms with Gasteiger partial charge in [0.2, 0.25) is 5.91 Å². The molecule has 1 amide bonds. The van der Waals surface area contributed by atoms with Crippen LogP contribution in [0.4, 0.5) is 0 Å². The molecule has 0 radical (unpaired) electrons. The van der Waals surface area contributed by atoms with E-state index >= 15 is 0 Å². The summed E-state index contributed by atoms with van der Waals surface area (Å²) in [6.45, 7) is 1.07. The van der Waals surface area contributed by atoms with Crippen LogP contribution in [-0.2, 0) is 4.79 Å². The minimum atomic E-state index is -0.777. The molecule has 2 heterocycles. The van der Waals surface area contributed by atoms with E-state index in [2.05, 4.69) is 10.6 Å². The van der Waals surface area contributed by atoms with Gasteiger partial charge in [-0.3, -0.25) is 4.79 Å². The molecule has 0 bridgehead atoms. The van der Waals surface area contributed by atoms with Gasteiger partial charge in [-0.2, -0.15) is 0 Å². The van der Waals surface area contributed by atoms with Gasteiger partial charge in [0.25, 0.3) is 0 Å². The van der Waals surface area contributed by atoms with E-state index in [0.29, 0.717) is 5.76 Å². The SMILES string of the molecule is O=C(NCC(O)c1ccco1)C1CCCN1. The first-order chi connectivity index (χ1) is 7.77. The Kier molecular flexibility index (Phi) is 3.58. The molecule has 0 aromatic carbocycles. The number of nitrogens with one attached hydrogen (secondary N) is 2. The van der Waals surface area contributed by atoms with Gasteiger partial charge in [0.1, 0.15) is 11.9 Å². The van der Waals surface area contributed by atoms with Crippen LogP contribution in [0.25, 0.3) is 0 Å². The average Bonchev–Trinajstić information content (AvgIpc) is 2.95. The van der Waals surface area contributed by atoms with Crippen molar-refractivity contribution in [1.82, 2.24) is 10.6 Å². The summed E-state index contributed by atoms with van der Waals surface area (Å²) < 4.78 is 5.04. The highest BCUT2D eigenvalue weighted by atomic mass is 16.4. The van der Waals surface area contributed by atoms with Gasteiger partial charge in [0.15, 0.2) is 0 Å². The number of amides is 1. The number of hydrogen-bond donors (Lipinski definition) is 3. The van der Waals surface area contributed by atoms with E-state index in [4.69, 9.17) is 4.42 Å². The van der Waals surface area contributed by atoms with Crippen LogP contribution in [0, 0.1) is 0 Å². The molecule has 1 aromatic heterocycles. The first kappa shape index (κ1) is 11.2. The quantitative estimate of drug-likeness (QED) is 0.682. The Morgan fingerprint density at radius 2 is 2.62 bits per heavy atom. The van der Waals surface area contributed by atoms with Crippen molar-refractivity contribution >= 4 is 5.91 Å². The highest BCUT2D eigenvalue weighted by Crippen LogP contribution is 2.12. The van der Waals surface area contributed by atoms with Crippen LogP contribution in [0.15, 0.2) is 22.8 Å². The Balaban J connectivity index is 1.76. The molecule has 16 heavy (non-hydrogen) atoms. The molecular formula is C11H16N2O3. The molecule has 0 aliphatic carbocycles. The molecule has 0 spiro atoms. The molecule has 1 aliphatic rings. The lowest BCUT2D eigenvalue weighted by atomic mass is 10.2. The maximum Gasteiger partial charge on any atom is 0.237 e. The van der Waals surface area contributed by atoms with E-state index in [0.717, 1.165) is 19.4 Å².